The number of fused-ring (bicyclic) bond motifs is 1. The number of hydrogen-bond donors (Lipinski definition) is 0. The minimum atomic E-state index is -0.966. The molecule has 0 saturated heterocycles. The van der Waals surface area contributed by atoms with E-state index in [2.05, 4.69) is 28.5 Å². The summed E-state index contributed by atoms with van der Waals surface area (Å²) in [5.74, 6) is 10.1. The van der Waals surface area contributed by atoms with Gasteiger partial charge < -0.3 is 15.2 Å². The number of amides is 1. The number of carbonyl (C=O) groups excluding carboxylic acids is 2. The number of esters is 1. The molecule has 120 valence electrons. The molecule has 0 aliphatic carbocycles. The van der Waals surface area contributed by atoms with Crippen molar-refractivity contribution in [3.63, 3.8) is 0 Å². The largest absolute Gasteiger partial charge is 0.463 e. The Balaban J connectivity index is 2.24. The molecule has 0 aromatic heterocycles. The molecule has 24 heavy (non-hydrogen) atoms. The average Bonchev–Trinajstić information content (AvgIpc) is 2.59. The van der Waals surface area contributed by atoms with Crippen molar-refractivity contribution >= 4 is 17.6 Å². The van der Waals surface area contributed by atoms with Crippen LogP contribution in [-0.4, -0.2) is 47.0 Å². The predicted molar refractivity (Wildman–Crippen MR) is 86.7 cm³/mol. The van der Waals surface area contributed by atoms with E-state index in [4.69, 9.17) is 10.3 Å². The summed E-state index contributed by atoms with van der Waals surface area (Å²) in [6.07, 6.45) is 0.406. The highest BCUT2D eigenvalue weighted by atomic mass is 16.5. The van der Waals surface area contributed by atoms with E-state index in [1.165, 1.54) is 4.90 Å². The van der Waals surface area contributed by atoms with Gasteiger partial charge >= 0.3 is 17.6 Å². The monoisotopic (exact) mass is 321 g/mol. The third-order valence-electron chi connectivity index (χ3n) is 3.21. The van der Waals surface area contributed by atoms with Gasteiger partial charge in [0.05, 0.1) is 13.2 Å². The first-order valence-corrected chi connectivity index (χ1v) is 7.42. The lowest BCUT2D eigenvalue weighted by Gasteiger charge is -2.16. The fourth-order valence-corrected chi connectivity index (χ4v) is 2.05. The summed E-state index contributed by atoms with van der Waals surface area (Å²) in [4.78, 5) is 28.1. The zero-order chi connectivity index (χ0) is 17.4. The normalized spacial score (nSPS) is 12.3. The summed E-state index contributed by atoms with van der Waals surface area (Å²) in [6.45, 7) is 2.03. The molecular weight excluding hydrogens is 306 g/mol. The molecule has 0 radical (unpaired) electrons. The van der Waals surface area contributed by atoms with E-state index < -0.39 is 17.6 Å². The zero-order valence-corrected chi connectivity index (χ0v) is 13.2. The molecule has 1 aromatic carbocycles. The highest BCUT2D eigenvalue weighted by molar-refractivity contribution is 6.61. The minimum absolute atomic E-state index is 0.0766. The van der Waals surface area contributed by atoms with Crippen molar-refractivity contribution in [2.75, 3.05) is 19.7 Å². The van der Waals surface area contributed by atoms with Crippen molar-refractivity contribution in [1.29, 1.82) is 0 Å². The number of nitrogens with zero attached hydrogens (tertiary/aromatic N) is 3. The van der Waals surface area contributed by atoms with Gasteiger partial charge in [-0.3, -0.25) is 4.79 Å². The first-order valence-electron chi connectivity index (χ1n) is 7.42. The van der Waals surface area contributed by atoms with Crippen LogP contribution in [0.3, 0.4) is 0 Å². The number of ether oxygens (including phenoxy) is 1. The van der Waals surface area contributed by atoms with E-state index in [1.54, 1.807) is 6.92 Å². The molecule has 0 saturated carbocycles. The van der Waals surface area contributed by atoms with Gasteiger partial charge in [0, 0.05) is 24.1 Å². The molecule has 0 spiro atoms. The fourth-order valence-electron chi connectivity index (χ4n) is 2.05. The van der Waals surface area contributed by atoms with Gasteiger partial charge in [0.25, 0.3) is 0 Å². The quantitative estimate of drug-likeness (QED) is 0.207. The van der Waals surface area contributed by atoms with Crippen LogP contribution in [0.25, 0.3) is 5.53 Å². The summed E-state index contributed by atoms with van der Waals surface area (Å²) in [5.41, 5.74) is 9.91. The van der Waals surface area contributed by atoms with E-state index in [-0.39, 0.29) is 19.7 Å². The third kappa shape index (κ3) is 4.10. The maximum absolute atomic E-state index is 12.4. The smallest absolute Gasteiger partial charge is 0.457 e. The summed E-state index contributed by atoms with van der Waals surface area (Å²) in [6, 6.07) is 7.49. The second-order valence-electron chi connectivity index (χ2n) is 4.79. The molecule has 2 rings (SSSR count). The van der Waals surface area contributed by atoms with E-state index in [9.17, 15) is 9.59 Å². The van der Waals surface area contributed by atoms with E-state index in [1.807, 2.05) is 24.3 Å². The Morgan fingerprint density at radius 1 is 1.25 bits per heavy atom. The van der Waals surface area contributed by atoms with Crippen LogP contribution in [0.15, 0.2) is 24.3 Å². The zero-order valence-electron chi connectivity index (χ0n) is 13.2. The van der Waals surface area contributed by atoms with E-state index in [0.717, 1.165) is 11.1 Å². The molecule has 6 heteroatoms. The van der Waals surface area contributed by atoms with Gasteiger partial charge in [-0.1, -0.05) is 35.8 Å². The Kier molecular flexibility index (Phi) is 5.91. The fraction of sp³-hybridized carbons (Fsp3) is 0.278. The molecule has 0 unspecified atom stereocenters. The lowest BCUT2D eigenvalue weighted by atomic mass is 10.1. The van der Waals surface area contributed by atoms with Crippen molar-refractivity contribution in [2.45, 2.75) is 13.3 Å². The summed E-state index contributed by atoms with van der Waals surface area (Å²) in [7, 11) is 0. The van der Waals surface area contributed by atoms with Gasteiger partial charge in [0.15, 0.2) is 0 Å². The molecule has 1 heterocycles. The summed E-state index contributed by atoms with van der Waals surface area (Å²) < 4.78 is 4.71. The molecule has 0 atom stereocenters. The van der Waals surface area contributed by atoms with E-state index >= 15 is 0 Å². The molecular formula is C18H15N3O3. The Hall–Kier alpha value is -3.34. The molecule has 1 aliphatic rings. The topological polar surface area (TPSA) is 83.0 Å². The maximum atomic E-state index is 12.4. The first kappa shape index (κ1) is 17.0. The predicted octanol–water partition coefficient (Wildman–Crippen LogP) is 0.856. The third-order valence-corrected chi connectivity index (χ3v) is 3.21. The van der Waals surface area contributed by atoms with Crippen molar-refractivity contribution in [1.82, 2.24) is 4.90 Å². The van der Waals surface area contributed by atoms with Crippen LogP contribution in [0, 0.1) is 23.7 Å². The minimum Gasteiger partial charge on any atom is -0.457 e. The van der Waals surface area contributed by atoms with Crippen molar-refractivity contribution in [3.05, 3.63) is 40.9 Å². The van der Waals surface area contributed by atoms with Crippen LogP contribution in [0.2, 0.25) is 0 Å². The van der Waals surface area contributed by atoms with Gasteiger partial charge in [-0.2, -0.15) is 4.79 Å². The van der Waals surface area contributed by atoms with E-state index in [0.29, 0.717) is 6.42 Å². The van der Waals surface area contributed by atoms with Crippen LogP contribution in [0.4, 0.5) is 0 Å². The molecule has 0 N–H and O–H groups in total. The molecule has 1 aliphatic heterocycles. The SMILES string of the molecule is CCOC(=O)C(=[N+]=[N-])C(=O)N1CC#Cc2ccccc2C#CCC1. The molecule has 0 fully saturated rings. The Bertz CT molecular complexity index is 830. The van der Waals surface area contributed by atoms with Crippen LogP contribution in [0.1, 0.15) is 24.5 Å². The average molecular weight is 321 g/mol. The number of benzene rings is 1. The Morgan fingerprint density at radius 2 is 1.92 bits per heavy atom. The second kappa shape index (κ2) is 8.33. The lowest BCUT2D eigenvalue weighted by Crippen LogP contribution is -2.42. The van der Waals surface area contributed by atoms with Crippen LogP contribution in [-0.2, 0) is 14.3 Å². The highest BCUT2D eigenvalue weighted by Gasteiger charge is 2.34. The van der Waals surface area contributed by atoms with Gasteiger partial charge in [-0.25, -0.2) is 4.79 Å². The van der Waals surface area contributed by atoms with Gasteiger partial charge in [0.1, 0.15) is 0 Å². The van der Waals surface area contributed by atoms with Gasteiger partial charge in [-0.15, -0.1) is 0 Å². The highest BCUT2D eigenvalue weighted by Crippen LogP contribution is 2.06. The van der Waals surface area contributed by atoms with Gasteiger partial charge in [0.2, 0.25) is 0 Å². The van der Waals surface area contributed by atoms with Crippen molar-refractivity contribution in [2.24, 2.45) is 0 Å². The summed E-state index contributed by atoms with van der Waals surface area (Å²) in [5, 5.41) is 0. The second-order valence-corrected chi connectivity index (χ2v) is 4.79. The van der Waals surface area contributed by atoms with Crippen molar-refractivity contribution < 1.29 is 19.1 Å². The lowest BCUT2D eigenvalue weighted by molar-refractivity contribution is -0.143. The Labute approximate surface area is 140 Å². The molecule has 1 aromatic rings. The van der Waals surface area contributed by atoms with Crippen molar-refractivity contribution in [3.8, 4) is 23.7 Å². The first-order chi connectivity index (χ1) is 11.7. The summed E-state index contributed by atoms with van der Waals surface area (Å²) >= 11 is 0. The molecule has 1 amide bonds. The van der Waals surface area contributed by atoms with Crippen LogP contribution < -0.4 is 0 Å². The van der Waals surface area contributed by atoms with Gasteiger partial charge in [-0.05, 0) is 19.1 Å². The standard InChI is InChI=1S/C18H15N3O3/c1-2-24-18(23)16(20-19)17(22)21-12-6-5-10-14-8-3-4-9-15(14)11-7-13-21/h3-4,8-9H,2,6,12-13H2,1H3. The molecule has 0 bridgehead atoms. The number of hydrogen-bond acceptors (Lipinski definition) is 3. The Morgan fingerprint density at radius 3 is 2.54 bits per heavy atom. The van der Waals surface area contributed by atoms with Crippen LogP contribution in [0.5, 0.6) is 0 Å². The van der Waals surface area contributed by atoms with Crippen LogP contribution >= 0.6 is 0 Å². The number of carbonyl (C=O) groups is 2. The number of rotatable bonds is 3. The molecule has 6 nitrogen and oxygen atoms in total. The maximum Gasteiger partial charge on any atom is 0.463 e.